The number of aliphatic hydroxyl groups is 1. The van der Waals surface area contributed by atoms with E-state index in [0.717, 1.165) is 6.42 Å². The lowest BCUT2D eigenvalue weighted by Gasteiger charge is -2.08. The number of carbonyl (C=O) groups excluding carboxylic acids is 2. The summed E-state index contributed by atoms with van der Waals surface area (Å²) in [5.41, 5.74) is 0.931. The fourth-order valence-corrected chi connectivity index (χ4v) is 1.37. The zero-order chi connectivity index (χ0) is 14.1. The quantitative estimate of drug-likeness (QED) is 0.725. The molecule has 6 heteroatoms. The van der Waals surface area contributed by atoms with E-state index in [1.165, 1.54) is 0 Å². The molecule has 104 valence electrons. The molecule has 3 N–H and O–H groups in total. The van der Waals surface area contributed by atoms with Crippen LogP contribution in [-0.4, -0.2) is 36.9 Å². The summed E-state index contributed by atoms with van der Waals surface area (Å²) >= 11 is 0. The van der Waals surface area contributed by atoms with Gasteiger partial charge in [0.1, 0.15) is 6.61 Å². The van der Waals surface area contributed by atoms with Gasteiger partial charge >= 0.3 is 6.09 Å². The van der Waals surface area contributed by atoms with Crippen molar-refractivity contribution in [1.29, 1.82) is 0 Å². The van der Waals surface area contributed by atoms with Crippen molar-refractivity contribution >= 4 is 17.7 Å². The highest BCUT2D eigenvalue weighted by Crippen LogP contribution is 2.11. The molecule has 0 radical (unpaired) electrons. The Kier molecular flexibility index (Phi) is 6.38. The van der Waals surface area contributed by atoms with Crippen molar-refractivity contribution < 1.29 is 19.4 Å². The summed E-state index contributed by atoms with van der Waals surface area (Å²) in [5, 5.41) is 13.7. The number of carbonyl (C=O) groups is 2. The maximum absolute atomic E-state index is 11.7. The van der Waals surface area contributed by atoms with Crippen LogP contribution in [0.15, 0.2) is 24.3 Å². The number of anilines is 1. The first-order valence-corrected chi connectivity index (χ1v) is 6.10. The standard InChI is InChI=1S/C13H18N2O4/c1-2-6-14-12(17)10-4-3-5-11(9-10)15-13(18)19-8-7-16/h3-5,9,16H,2,6-8H2,1H3,(H,14,17)(H,15,18). The predicted molar refractivity (Wildman–Crippen MR) is 71.1 cm³/mol. The molecule has 1 aromatic rings. The molecule has 2 amide bonds. The molecular weight excluding hydrogens is 248 g/mol. The van der Waals surface area contributed by atoms with E-state index >= 15 is 0 Å². The van der Waals surface area contributed by atoms with Crippen molar-refractivity contribution in [2.75, 3.05) is 25.1 Å². The van der Waals surface area contributed by atoms with Gasteiger partial charge in [-0.1, -0.05) is 13.0 Å². The number of aliphatic hydroxyl groups excluding tert-OH is 1. The van der Waals surface area contributed by atoms with Gasteiger partial charge in [-0.05, 0) is 24.6 Å². The molecule has 0 aromatic heterocycles. The Morgan fingerprint density at radius 1 is 1.37 bits per heavy atom. The summed E-state index contributed by atoms with van der Waals surface area (Å²) in [6.07, 6.45) is 0.192. The van der Waals surface area contributed by atoms with Gasteiger partial charge < -0.3 is 15.2 Å². The Morgan fingerprint density at radius 3 is 2.84 bits per heavy atom. The van der Waals surface area contributed by atoms with E-state index in [1.54, 1.807) is 24.3 Å². The summed E-state index contributed by atoms with van der Waals surface area (Å²) in [5.74, 6) is -0.186. The van der Waals surface area contributed by atoms with E-state index in [-0.39, 0.29) is 19.1 Å². The molecule has 0 aliphatic heterocycles. The van der Waals surface area contributed by atoms with E-state index in [9.17, 15) is 9.59 Å². The lowest BCUT2D eigenvalue weighted by atomic mass is 10.2. The molecule has 0 fully saturated rings. The molecule has 1 aromatic carbocycles. The highest BCUT2D eigenvalue weighted by Gasteiger charge is 2.07. The highest BCUT2D eigenvalue weighted by molar-refractivity contribution is 5.96. The smallest absolute Gasteiger partial charge is 0.411 e. The van der Waals surface area contributed by atoms with Gasteiger partial charge in [0.25, 0.3) is 5.91 Å². The van der Waals surface area contributed by atoms with Crippen molar-refractivity contribution in [2.45, 2.75) is 13.3 Å². The minimum Gasteiger partial charge on any atom is -0.447 e. The van der Waals surface area contributed by atoms with Crippen LogP contribution in [0, 0.1) is 0 Å². The molecule has 1 rings (SSSR count). The van der Waals surface area contributed by atoms with E-state index in [1.807, 2.05) is 6.92 Å². The van der Waals surface area contributed by atoms with Crippen molar-refractivity contribution in [2.24, 2.45) is 0 Å². The van der Waals surface area contributed by atoms with Crippen LogP contribution in [0.4, 0.5) is 10.5 Å². The fourth-order valence-electron chi connectivity index (χ4n) is 1.37. The molecule has 0 saturated heterocycles. The van der Waals surface area contributed by atoms with Gasteiger partial charge in [-0.2, -0.15) is 0 Å². The number of rotatable bonds is 6. The van der Waals surface area contributed by atoms with Gasteiger partial charge in [-0.25, -0.2) is 4.79 Å². The van der Waals surface area contributed by atoms with Crippen LogP contribution in [0.1, 0.15) is 23.7 Å². The molecule has 6 nitrogen and oxygen atoms in total. The van der Waals surface area contributed by atoms with E-state index in [4.69, 9.17) is 5.11 Å². The number of ether oxygens (including phenoxy) is 1. The van der Waals surface area contributed by atoms with Crippen LogP contribution >= 0.6 is 0 Å². The van der Waals surface area contributed by atoms with E-state index in [0.29, 0.717) is 17.8 Å². The second-order valence-electron chi connectivity index (χ2n) is 3.82. The Labute approximate surface area is 111 Å². The Morgan fingerprint density at radius 2 is 2.16 bits per heavy atom. The predicted octanol–water partition coefficient (Wildman–Crippen LogP) is 1.37. The minimum atomic E-state index is -0.667. The zero-order valence-corrected chi connectivity index (χ0v) is 10.8. The summed E-state index contributed by atoms with van der Waals surface area (Å²) in [6, 6.07) is 6.54. The van der Waals surface area contributed by atoms with Crippen LogP contribution in [0.2, 0.25) is 0 Å². The largest absolute Gasteiger partial charge is 0.447 e. The molecule has 19 heavy (non-hydrogen) atoms. The fraction of sp³-hybridized carbons (Fsp3) is 0.385. The second-order valence-corrected chi connectivity index (χ2v) is 3.82. The average Bonchev–Trinajstić information content (AvgIpc) is 2.42. The molecule has 0 aliphatic rings. The van der Waals surface area contributed by atoms with Gasteiger partial charge in [-0.15, -0.1) is 0 Å². The molecule has 0 atom stereocenters. The van der Waals surface area contributed by atoms with Crippen LogP contribution < -0.4 is 10.6 Å². The molecule has 0 heterocycles. The van der Waals surface area contributed by atoms with Gasteiger partial charge in [0.05, 0.1) is 6.61 Å². The normalized spacial score (nSPS) is 9.79. The summed E-state index contributed by atoms with van der Waals surface area (Å²) < 4.78 is 4.66. The van der Waals surface area contributed by atoms with Gasteiger partial charge in [0.15, 0.2) is 0 Å². The Bertz CT molecular complexity index is 434. The number of benzene rings is 1. The molecule has 0 saturated carbocycles. The topological polar surface area (TPSA) is 87.7 Å². The van der Waals surface area contributed by atoms with Gasteiger partial charge in [0.2, 0.25) is 0 Å². The number of amides is 2. The van der Waals surface area contributed by atoms with Crippen LogP contribution in [0.5, 0.6) is 0 Å². The number of hydrogen-bond donors (Lipinski definition) is 3. The SMILES string of the molecule is CCCNC(=O)c1cccc(NC(=O)OCCO)c1. The van der Waals surface area contributed by atoms with Crippen molar-refractivity contribution in [3.8, 4) is 0 Å². The van der Waals surface area contributed by atoms with Gasteiger partial charge in [0, 0.05) is 17.8 Å². The molecule has 0 aliphatic carbocycles. The third-order valence-corrected chi connectivity index (χ3v) is 2.23. The maximum Gasteiger partial charge on any atom is 0.411 e. The zero-order valence-electron chi connectivity index (χ0n) is 10.8. The molecule has 0 unspecified atom stereocenters. The van der Waals surface area contributed by atoms with E-state index in [2.05, 4.69) is 15.4 Å². The average molecular weight is 266 g/mol. The molecule has 0 bridgehead atoms. The van der Waals surface area contributed by atoms with Crippen LogP contribution in [-0.2, 0) is 4.74 Å². The first-order chi connectivity index (χ1) is 9.17. The van der Waals surface area contributed by atoms with Crippen LogP contribution in [0.25, 0.3) is 0 Å². The van der Waals surface area contributed by atoms with Crippen molar-refractivity contribution in [3.63, 3.8) is 0 Å². The number of hydrogen-bond acceptors (Lipinski definition) is 4. The third-order valence-electron chi connectivity index (χ3n) is 2.23. The lowest BCUT2D eigenvalue weighted by Crippen LogP contribution is -2.24. The Balaban J connectivity index is 2.61. The Hall–Kier alpha value is -2.08. The van der Waals surface area contributed by atoms with E-state index < -0.39 is 6.09 Å². The molecule has 0 spiro atoms. The molecular formula is C13H18N2O4. The third kappa shape index (κ3) is 5.39. The summed E-state index contributed by atoms with van der Waals surface area (Å²) in [7, 11) is 0. The lowest BCUT2D eigenvalue weighted by molar-refractivity contribution is 0.0953. The van der Waals surface area contributed by atoms with Crippen molar-refractivity contribution in [3.05, 3.63) is 29.8 Å². The maximum atomic E-state index is 11.7. The number of nitrogens with one attached hydrogen (secondary N) is 2. The first kappa shape index (κ1) is 15.0. The van der Waals surface area contributed by atoms with Crippen molar-refractivity contribution in [1.82, 2.24) is 5.32 Å². The van der Waals surface area contributed by atoms with Gasteiger partial charge in [-0.3, -0.25) is 10.1 Å². The second kappa shape index (κ2) is 8.10. The highest BCUT2D eigenvalue weighted by atomic mass is 16.6. The monoisotopic (exact) mass is 266 g/mol. The van der Waals surface area contributed by atoms with Crippen LogP contribution in [0.3, 0.4) is 0 Å². The first-order valence-electron chi connectivity index (χ1n) is 6.10. The summed E-state index contributed by atoms with van der Waals surface area (Å²) in [6.45, 7) is 2.28. The summed E-state index contributed by atoms with van der Waals surface area (Å²) in [4.78, 5) is 23.0. The minimum absolute atomic E-state index is 0.0670.